The summed E-state index contributed by atoms with van der Waals surface area (Å²) >= 11 is 6.34. The number of fused-ring (bicyclic) bond motifs is 1. The summed E-state index contributed by atoms with van der Waals surface area (Å²) in [7, 11) is 2.91. The number of halogens is 1. The van der Waals surface area contributed by atoms with Crippen molar-refractivity contribution in [3.05, 3.63) is 23.4 Å². The van der Waals surface area contributed by atoms with Gasteiger partial charge in [-0.25, -0.2) is 9.97 Å². The van der Waals surface area contributed by atoms with Gasteiger partial charge in [0.25, 0.3) is 5.88 Å². The number of hydrogen-bond donors (Lipinski definition) is 0. The van der Waals surface area contributed by atoms with E-state index in [-0.39, 0.29) is 22.9 Å². The highest BCUT2D eigenvalue weighted by atomic mass is 35.5. The van der Waals surface area contributed by atoms with Crippen LogP contribution in [-0.4, -0.2) is 47.8 Å². The SMILES string of the molecule is CCC(CC(C(=O)OC)C(C)C(C)C(=O)OC(C)(C)C)Oc1nc2cc(OC)ccc2nc1Cl. The zero-order valence-corrected chi connectivity index (χ0v) is 21.9. The predicted octanol–water partition coefficient (Wildman–Crippen LogP) is 5.24. The average Bonchev–Trinajstić information content (AvgIpc) is 2.79. The second-order valence-electron chi connectivity index (χ2n) is 9.37. The van der Waals surface area contributed by atoms with Crippen LogP contribution in [-0.2, 0) is 19.1 Å². The van der Waals surface area contributed by atoms with Crippen molar-refractivity contribution in [3.63, 3.8) is 0 Å². The molecule has 0 aliphatic rings. The third-order valence-electron chi connectivity index (χ3n) is 5.76. The largest absolute Gasteiger partial charge is 0.497 e. The molecule has 0 aliphatic carbocycles. The number of nitrogens with zero attached hydrogens (tertiary/aromatic N) is 2. The molecule has 0 N–H and O–H groups in total. The van der Waals surface area contributed by atoms with Gasteiger partial charge in [-0.05, 0) is 51.7 Å². The van der Waals surface area contributed by atoms with E-state index in [1.807, 2.05) is 34.6 Å². The van der Waals surface area contributed by atoms with Crippen LogP contribution < -0.4 is 9.47 Å². The van der Waals surface area contributed by atoms with Crippen molar-refractivity contribution in [2.45, 2.75) is 66.1 Å². The Labute approximate surface area is 206 Å². The molecule has 4 atom stereocenters. The number of rotatable bonds is 10. The summed E-state index contributed by atoms with van der Waals surface area (Å²) in [5, 5.41) is 0.126. The number of hydrogen-bond acceptors (Lipinski definition) is 8. The van der Waals surface area contributed by atoms with E-state index in [0.29, 0.717) is 29.6 Å². The maximum Gasteiger partial charge on any atom is 0.309 e. The van der Waals surface area contributed by atoms with Crippen LogP contribution in [0.15, 0.2) is 18.2 Å². The van der Waals surface area contributed by atoms with Gasteiger partial charge in [0, 0.05) is 6.07 Å². The van der Waals surface area contributed by atoms with E-state index < -0.39 is 29.5 Å². The molecule has 0 radical (unpaired) electrons. The maximum atomic E-state index is 12.7. The molecular weight excluding hydrogens is 460 g/mol. The van der Waals surface area contributed by atoms with Gasteiger partial charge >= 0.3 is 11.9 Å². The summed E-state index contributed by atoms with van der Waals surface area (Å²) in [6.07, 6.45) is 0.480. The highest BCUT2D eigenvalue weighted by Crippen LogP contribution is 2.32. The summed E-state index contributed by atoms with van der Waals surface area (Å²) in [5.41, 5.74) is 0.568. The molecule has 9 heteroatoms. The first-order chi connectivity index (χ1) is 15.9. The first-order valence-electron chi connectivity index (χ1n) is 11.4. The molecule has 0 saturated heterocycles. The molecule has 0 bridgehead atoms. The van der Waals surface area contributed by atoms with Gasteiger partial charge in [-0.3, -0.25) is 9.59 Å². The van der Waals surface area contributed by atoms with Gasteiger partial charge in [-0.15, -0.1) is 0 Å². The van der Waals surface area contributed by atoms with Crippen LogP contribution in [0.3, 0.4) is 0 Å². The van der Waals surface area contributed by atoms with Crippen LogP contribution in [0.5, 0.6) is 11.6 Å². The smallest absolute Gasteiger partial charge is 0.309 e. The first-order valence-corrected chi connectivity index (χ1v) is 11.8. The van der Waals surface area contributed by atoms with E-state index in [1.165, 1.54) is 7.11 Å². The summed E-state index contributed by atoms with van der Waals surface area (Å²) in [5.74, 6) is -1.42. The standard InChI is InChI=1S/C25H35ClN2O6/c1-9-16(33-22-21(26)27-19-11-10-17(31-7)13-20(19)28-22)12-18(24(30)32-8)14(2)15(3)23(29)34-25(4,5)6/h10-11,13-16,18H,9,12H2,1-8H3. The lowest BCUT2D eigenvalue weighted by molar-refractivity contribution is -0.163. The van der Waals surface area contributed by atoms with Crippen molar-refractivity contribution in [1.29, 1.82) is 0 Å². The van der Waals surface area contributed by atoms with Crippen molar-refractivity contribution in [3.8, 4) is 11.6 Å². The summed E-state index contributed by atoms with van der Waals surface area (Å²) in [6.45, 7) is 11.0. The molecule has 2 aromatic rings. The summed E-state index contributed by atoms with van der Waals surface area (Å²) in [6, 6.07) is 5.28. The van der Waals surface area contributed by atoms with Gasteiger partial charge in [-0.1, -0.05) is 32.4 Å². The van der Waals surface area contributed by atoms with Crippen LogP contribution in [0.4, 0.5) is 0 Å². The summed E-state index contributed by atoms with van der Waals surface area (Å²) in [4.78, 5) is 34.2. The fourth-order valence-corrected chi connectivity index (χ4v) is 3.75. The highest BCUT2D eigenvalue weighted by Gasteiger charge is 2.37. The molecule has 0 fully saturated rings. The molecule has 34 heavy (non-hydrogen) atoms. The van der Waals surface area contributed by atoms with Gasteiger partial charge in [0.05, 0.1) is 37.1 Å². The van der Waals surface area contributed by atoms with E-state index >= 15 is 0 Å². The van der Waals surface area contributed by atoms with Gasteiger partial charge in [0.2, 0.25) is 0 Å². The number of carbonyl (C=O) groups excluding carboxylic acids is 2. The normalized spacial score (nSPS) is 15.2. The number of aromatic nitrogens is 2. The summed E-state index contributed by atoms with van der Waals surface area (Å²) < 4.78 is 21.9. The first kappa shape index (κ1) is 27.6. The minimum atomic E-state index is -0.616. The zero-order chi connectivity index (χ0) is 25.6. The third kappa shape index (κ3) is 7.19. The molecule has 188 valence electrons. The molecular formula is C25H35ClN2O6. The van der Waals surface area contributed by atoms with Gasteiger partial charge in [0.15, 0.2) is 5.15 Å². The molecule has 8 nitrogen and oxygen atoms in total. The van der Waals surface area contributed by atoms with E-state index in [1.54, 1.807) is 32.2 Å². The van der Waals surface area contributed by atoms with Crippen LogP contribution >= 0.6 is 11.6 Å². The van der Waals surface area contributed by atoms with Crippen molar-refractivity contribution in [1.82, 2.24) is 9.97 Å². The lowest BCUT2D eigenvalue weighted by Crippen LogP contribution is -2.37. The lowest BCUT2D eigenvalue weighted by atomic mass is 9.80. The Balaban J connectivity index is 2.26. The Morgan fingerprint density at radius 3 is 2.29 bits per heavy atom. The van der Waals surface area contributed by atoms with Crippen molar-refractivity contribution in [2.75, 3.05) is 14.2 Å². The molecule has 1 aromatic carbocycles. The fourth-order valence-electron chi connectivity index (χ4n) is 3.57. The van der Waals surface area contributed by atoms with E-state index in [4.69, 9.17) is 30.5 Å². The number of esters is 2. The predicted molar refractivity (Wildman–Crippen MR) is 130 cm³/mol. The minimum Gasteiger partial charge on any atom is -0.497 e. The van der Waals surface area contributed by atoms with Crippen molar-refractivity contribution >= 4 is 34.6 Å². The molecule has 4 unspecified atom stereocenters. The average molecular weight is 495 g/mol. The van der Waals surface area contributed by atoms with E-state index in [9.17, 15) is 9.59 Å². The van der Waals surface area contributed by atoms with Gasteiger partial charge in [0.1, 0.15) is 17.5 Å². The Kier molecular flexibility index (Phi) is 9.50. The Hall–Kier alpha value is -2.61. The monoisotopic (exact) mass is 494 g/mol. The third-order valence-corrected chi connectivity index (χ3v) is 6.00. The lowest BCUT2D eigenvalue weighted by Gasteiger charge is -2.30. The van der Waals surface area contributed by atoms with Crippen LogP contribution in [0.25, 0.3) is 11.0 Å². The maximum absolute atomic E-state index is 12.7. The molecule has 2 rings (SSSR count). The Morgan fingerprint density at radius 2 is 1.74 bits per heavy atom. The van der Waals surface area contributed by atoms with Crippen LogP contribution in [0.1, 0.15) is 54.4 Å². The van der Waals surface area contributed by atoms with Crippen molar-refractivity contribution in [2.24, 2.45) is 17.8 Å². The molecule has 0 saturated carbocycles. The Bertz CT molecular complexity index is 1010. The second-order valence-corrected chi connectivity index (χ2v) is 9.73. The quantitative estimate of drug-likeness (QED) is 0.413. The topological polar surface area (TPSA) is 96.8 Å². The molecule has 0 spiro atoms. The van der Waals surface area contributed by atoms with Crippen LogP contribution in [0, 0.1) is 17.8 Å². The Morgan fingerprint density at radius 1 is 1.06 bits per heavy atom. The fraction of sp³-hybridized carbons (Fsp3) is 0.600. The molecule has 1 aromatic heterocycles. The van der Waals surface area contributed by atoms with E-state index in [2.05, 4.69) is 9.97 Å². The number of benzene rings is 1. The van der Waals surface area contributed by atoms with Gasteiger partial charge in [-0.2, -0.15) is 0 Å². The zero-order valence-electron chi connectivity index (χ0n) is 21.2. The number of carbonyl (C=O) groups is 2. The number of methoxy groups -OCH3 is 2. The highest BCUT2D eigenvalue weighted by molar-refractivity contribution is 6.31. The molecule has 0 amide bonds. The molecule has 1 heterocycles. The number of ether oxygens (including phenoxy) is 4. The van der Waals surface area contributed by atoms with Crippen LogP contribution in [0.2, 0.25) is 5.15 Å². The van der Waals surface area contributed by atoms with Gasteiger partial charge < -0.3 is 18.9 Å². The second kappa shape index (κ2) is 11.7. The van der Waals surface area contributed by atoms with Crippen molar-refractivity contribution < 1.29 is 28.5 Å². The minimum absolute atomic E-state index is 0.126. The van der Waals surface area contributed by atoms with E-state index in [0.717, 1.165) is 0 Å². The molecule has 0 aliphatic heterocycles.